The Hall–Kier alpha value is -4.20. The standard InChI is InChI=1S/C16H22O4.C8H8.C4H4O4/c1-3-5-11-19-15(17)13-9-7-8-10-14(13)16(18)20-12-6-4-2;1-2-8-6-4-3-5-7-8;5-3(6)1-2-4(7)8/h7-10H,3-6,11-12H2,1-2H3;2-7H,1H2;1-2H,(H,5,6)(H,7,8)/b;;2-1-. The minimum Gasteiger partial charge on any atom is -0.478 e. The zero-order chi connectivity index (χ0) is 27.2. The molecule has 0 unspecified atom stereocenters. The summed E-state index contributed by atoms with van der Waals surface area (Å²) < 4.78 is 10.3. The van der Waals surface area contributed by atoms with Gasteiger partial charge in [0.15, 0.2) is 0 Å². The van der Waals surface area contributed by atoms with E-state index in [4.69, 9.17) is 19.7 Å². The lowest BCUT2D eigenvalue weighted by molar-refractivity contribution is -0.134. The van der Waals surface area contributed by atoms with Crippen LogP contribution in [0.4, 0.5) is 0 Å². The van der Waals surface area contributed by atoms with Crippen molar-refractivity contribution in [1.29, 1.82) is 0 Å². The van der Waals surface area contributed by atoms with E-state index in [2.05, 4.69) is 6.58 Å². The third kappa shape index (κ3) is 15.6. The number of carboxylic acid groups (broad SMARTS) is 2. The summed E-state index contributed by atoms with van der Waals surface area (Å²) in [6, 6.07) is 16.6. The Morgan fingerprint density at radius 3 is 1.42 bits per heavy atom. The summed E-state index contributed by atoms with van der Waals surface area (Å²) in [5, 5.41) is 15.6. The van der Waals surface area contributed by atoms with Crippen molar-refractivity contribution in [2.24, 2.45) is 0 Å². The lowest BCUT2D eigenvalue weighted by Crippen LogP contribution is -2.14. The number of hydrogen-bond donors (Lipinski definition) is 2. The Balaban J connectivity index is 0.000000625. The number of carboxylic acids is 2. The molecule has 2 rings (SSSR count). The van der Waals surface area contributed by atoms with Gasteiger partial charge < -0.3 is 19.7 Å². The second-order valence-electron chi connectivity index (χ2n) is 7.15. The summed E-state index contributed by atoms with van der Waals surface area (Å²) >= 11 is 0. The van der Waals surface area contributed by atoms with Gasteiger partial charge >= 0.3 is 23.9 Å². The first kappa shape index (κ1) is 31.8. The van der Waals surface area contributed by atoms with Crippen molar-refractivity contribution in [3.8, 4) is 0 Å². The monoisotopic (exact) mass is 498 g/mol. The Labute approximate surface area is 211 Å². The molecule has 0 spiro atoms. The molecule has 36 heavy (non-hydrogen) atoms. The first-order valence-electron chi connectivity index (χ1n) is 11.5. The first-order valence-corrected chi connectivity index (χ1v) is 11.5. The maximum atomic E-state index is 11.9. The molecular weight excluding hydrogens is 464 g/mol. The predicted octanol–water partition coefficient (Wildman–Crippen LogP) is 5.64. The molecule has 2 aromatic carbocycles. The molecule has 2 aromatic rings. The van der Waals surface area contributed by atoms with Gasteiger partial charge in [0.05, 0.1) is 24.3 Å². The highest BCUT2D eigenvalue weighted by Crippen LogP contribution is 2.12. The number of carbonyl (C=O) groups is 4. The molecule has 0 aliphatic heterocycles. The molecular formula is C28H34O8. The molecule has 194 valence electrons. The molecule has 0 heterocycles. The van der Waals surface area contributed by atoms with Gasteiger partial charge in [-0.1, -0.05) is 81.8 Å². The van der Waals surface area contributed by atoms with Crippen LogP contribution in [0.3, 0.4) is 0 Å². The molecule has 0 saturated carbocycles. The van der Waals surface area contributed by atoms with Gasteiger partial charge in [-0.3, -0.25) is 0 Å². The molecule has 0 aliphatic carbocycles. The normalized spacial score (nSPS) is 9.61. The maximum Gasteiger partial charge on any atom is 0.339 e. The number of hydrogen-bond acceptors (Lipinski definition) is 6. The Kier molecular flexibility index (Phi) is 17.8. The van der Waals surface area contributed by atoms with Crippen LogP contribution in [-0.2, 0) is 19.1 Å². The van der Waals surface area contributed by atoms with Crippen molar-refractivity contribution < 1.29 is 38.9 Å². The van der Waals surface area contributed by atoms with E-state index in [0.29, 0.717) is 25.4 Å². The SMILES string of the molecule is C=Cc1ccccc1.CCCCOC(=O)c1ccccc1C(=O)OCCCC.O=C(O)/C=C\C(=O)O. The van der Waals surface area contributed by atoms with E-state index >= 15 is 0 Å². The van der Waals surface area contributed by atoms with Gasteiger partial charge in [0.2, 0.25) is 0 Å². The van der Waals surface area contributed by atoms with Crippen LogP contribution >= 0.6 is 0 Å². The van der Waals surface area contributed by atoms with Crippen LogP contribution in [0.25, 0.3) is 6.08 Å². The fourth-order valence-electron chi connectivity index (χ4n) is 2.34. The van der Waals surface area contributed by atoms with Crippen LogP contribution in [0.1, 0.15) is 65.8 Å². The van der Waals surface area contributed by atoms with Gasteiger partial charge in [-0.05, 0) is 30.5 Å². The largest absolute Gasteiger partial charge is 0.478 e. The topological polar surface area (TPSA) is 127 Å². The van der Waals surface area contributed by atoms with E-state index in [9.17, 15) is 19.2 Å². The maximum absolute atomic E-state index is 11.9. The third-order valence-electron chi connectivity index (χ3n) is 4.23. The van der Waals surface area contributed by atoms with Crippen molar-refractivity contribution in [2.75, 3.05) is 13.2 Å². The Morgan fingerprint density at radius 2 is 1.11 bits per heavy atom. The highest BCUT2D eigenvalue weighted by atomic mass is 16.5. The van der Waals surface area contributed by atoms with Crippen molar-refractivity contribution in [1.82, 2.24) is 0 Å². The zero-order valence-electron chi connectivity index (χ0n) is 20.7. The van der Waals surface area contributed by atoms with Crippen molar-refractivity contribution in [3.63, 3.8) is 0 Å². The van der Waals surface area contributed by atoms with Crippen LogP contribution in [0, 0.1) is 0 Å². The van der Waals surface area contributed by atoms with E-state index in [1.54, 1.807) is 24.3 Å². The predicted molar refractivity (Wildman–Crippen MR) is 138 cm³/mol. The van der Waals surface area contributed by atoms with Crippen molar-refractivity contribution in [2.45, 2.75) is 39.5 Å². The fourth-order valence-corrected chi connectivity index (χ4v) is 2.34. The van der Waals surface area contributed by atoms with Crippen LogP contribution in [0.15, 0.2) is 73.3 Å². The molecule has 0 radical (unpaired) electrons. The molecule has 0 bridgehead atoms. The van der Waals surface area contributed by atoms with Crippen LogP contribution in [0.5, 0.6) is 0 Å². The average Bonchev–Trinajstić information content (AvgIpc) is 2.89. The number of benzene rings is 2. The second kappa shape index (κ2) is 20.2. The van der Waals surface area contributed by atoms with Crippen LogP contribution < -0.4 is 0 Å². The first-order chi connectivity index (χ1) is 17.3. The molecule has 8 nitrogen and oxygen atoms in total. The minimum atomic E-state index is -1.26. The smallest absolute Gasteiger partial charge is 0.339 e. The van der Waals surface area contributed by atoms with Gasteiger partial charge in [0.1, 0.15) is 0 Å². The number of esters is 2. The number of rotatable bonds is 11. The number of carbonyl (C=O) groups excluding carboxylic acids is 2. The van der Waals surface area contributed by atoms with E-state index in [1.165, 1.54) is 5.56 Å². The lowest BCUT2D eigenvalue weighted by Gasteiger charge is -2.09. The molecule has 2 N–H and O–H groups in total. The Morgan fingerprint density at radius 1 is 0.722 bits per heavy atom. The molecule has 0 fully saturated rings. The summed E-state index contributed by atoms with van der Waals surface area (Å²) in [5.41, 5.74) is 1.71. The highest BCUT2D eigenvalue weighted by Gasteiger charge is 2.18. The summed E-state index contributed by atoms with van der Waals surface area (Å²) in [5.74, 6) is -3.46. The summed E-state index contributed by atoms with van der Waals surface area (Å²) in [4.78, 5) is 43.0. The lowest BCUT2D eigenvalue weighted by atomic mass is 10.1. The zero-order valence-corrected chi connectivity index (χ0v) is 20.7. The van der Waals surface area contributed by atoms with Crippen LogP contribution in [0.2, 0.25) is 0 Å². The van der Waals surface area contributed by atoms with Gasteiger partial charge in [0.25, 0.3) is 0 Å². The molecule has 0 saturated heterocycles. The van der Waals surface area contributed by atoms with Crippen molar-refractivity contribution >= 4 is 30.0 Å². The van der Waals surface area contributed by atoms with Gasteiger partial charge in [-0.25, -0.2) is 19.2 Å². The quantitative estimate of drug-likeness (QED) is 0.231. The summed E-state index contributed by atoms with van der Waals surface area (Å²) in [6.07, 6.45) is 6.48. The summed E-state index contributed by atoms with van der Waals surface area (Å²) in [7, 11) is 0. The van der Waals surface area contributed by atoms with Gasteiger partial charge in [-0.2, -0.15) is 0 Å². The van der Waals surface area contributed by atoms with Gasteiger partial charge in [0, 0.05) is 12.2 Å². The van der Waals surface area contributed by atoms with Crippen LogP contribution in [-0.4, -0.2) is 47.3 Å². The van der Waals surface area contributed by atoms with Gasteiger partial charge in [-0.15, -0.1) is 0 Å². The van der Waals surface area contributed by atoms with E-state index < -0.39 is 23.9 Å². The Bertz CT molecular complexity index is 923. The molecule has 8 heteroatoms. The number of ether oxygens (including phenoxy) is 2. The van der Waals surface area contributed by atoms with E-state index in [0.717, 1.165) is 25.7 Å². The van der Waals surface area contributed by atoms with E-state index in [1.807, 2.05) is 50.3 Å². The summed E-state index contributed by atoms with van der Waals surface area (Å²) in [6.45, 7) is 8.41. The van der Waals surface area contributed by atoms with E-state index in [-0.39, 0.29) is 11.1 Å². The number of aliphatic carboxylic acids is 2. The van der Waals surface area contributed by atoms with Crippen molar-refractivity contribution in [3.05, 3.63) is 90.0 Å². The fraction of sp³-hybridized carbons (Fsp3) is 0.286. The highest BCUT2D eigenvalue weighted by molar-refractivity contribution is 6.03. The molecule has 0 atom stereocenters. The molecule has 0 amide bonds. The third-order valence-corrected chi connectivity index (χ3v) is 4.23. The molecule has 0 aliphatic rings. The number of unbranched alkanes of at least 4 members (excludes halogenated alkanes) is 2. The second-order valence-corrected chi connectivity index (χ2v) is 7.15. The average molecular weight is 499 g/mol. The molecule has 0 aromatic heterocycles. The minimum absolute atomic E-state index is 0.269.